The molecule has 3 rings (SSSR count). The Morgan fingerprint density at radius 3 is 2.59 bits per heavy atom. The highest BCUT2D eigenvalue weighted by Crippen LogP contribution is 2.11. The SMILES string of the molecule is O=C(CCc1ccccc1)Nc1nc2ccccc2c(=O)o1. The number of carbonyl (C=O) groups excluding carboxylic acids is 1. The second-order valence-electron chi connectivity index (χ2n) is 4.86. The van der Waals surface area contributed by atoms with Gasteiger partial charge in [0.25, 0.3) is 0 Å². The molecule has 110 valence electrons. The molecule has 0 saturated heterocycles. The van der Waals surface area contributed by atoms with Gasteiger partial charge in [0, 0.05) is 6.42 Å². The fourth-order valence-corrected chi connectivity index (χ4v) is 2.16. The third kappa shape index (κ3) is 3.20. The van der Waals surface area contributed by atoms with E-state index in [1.54, 1.807) is 24.3 Å². The summed E-state index contributed by atoms with van der Waals surface area (Å²) < 4.78 is 5.01. The van der Waals surface area contributed by atoms with Crippen LogP contribution in [0.2, 0.25) is 0 Å². The summed E-state index contributed by atoms with van der Waals surface area (Å²) in [7, 11) is 0. The van der Waals surface area contributed by atoms with Crippen molar-refractivity contribution in [2.24, 2.45) is 0 Å². The van der Waals surface area contributed by atoms with Crippen molar-refractivity contribution in [2.75, 3.05) is 5.32 Å². The van der Waals surface area contributed by atoms with Crippen LogP contribution in [0.1, 0.15) is 12.0 Å². The number of aryl methyl sites for hydroxylation is 1. The van der Waals surface area contributed by atoms with Crippen molar-refractivity contribution in [1.29, 1.82) is 0 Å². The fraction of sp³-hybridized carbons (Fsp3) is 0.118. The lowest BCUT2D eigenvalue weighted by Crippen LogP contribution is -2.15. The lowest BCUT2D eigenvalue weighted by atomic mass is 10.1. The van der Waals surface area contributed by atoms with Crippen molar-refractivity contribution in [3.63, 3.8) is 0 Å². The number of carbonyl (C=O) groups is 1. The molecule has 0 atom stereocenters. The number of amides is 1. The number of benzene rings is 2. The molecular formula is C17H14N2O3. The van der Waals surface area contributed by atoms with Crippen LogP contribution < -0.4 is 10.9 Å². The van der Waals surface area contributed by atoms with Crippen LogP contribution in [-0.2, 0) is 11.2 Å². The zero-order chi connectivity index (χ0) is 15.4. The van der Waals surface area contributed by atoms with E-state index in [0.717, 1.165) is 5.56 Å². The van der Waals surface area contributed by atoms with E-state index in [9.17, 15) is 9.59 Å². The Hall–Kier alpha value is -2.95. The summed E-state index contributed by atoms with van der Waals surface area (Å²) in [6, 6.07) is 16.5. The van der Waals surface area contributed by atoms with Gasteiger partial charge in [0.15, 0.2) is 0 Å². The molecular weight excluding hydrogens is 280 g/mol. The number of hydrogen-bond donors (Lipinski definition) is 1. The minimum absolute atomic E-state index is 0.0678. The highest BCUT2D eigenvalue weighted by molar-refractivity contribution is 5.89. The molecule has 0 aliphatic heterocycles. The van der Waals surface area contributed by atoms with Crippen LogP contribution in [0.15, 0.2) is 63.8 Å². The maximum atomic E-state index is 11.9. The van der Waals surface area contributed by atoms with Crippen LogP contribution in [0.3, 0.4) is 0 Å². The van der Waals surface area contributed by atoms with Crippen molar-refractivity contribution in [1.82, 2.24) is 4.98 Å². The van der Waals surface area contributed by atoms with Crippen LogP contribution in [0.25, 0.3) is 10.9 Å². The first kappa shape index (κ1) is 14.0. The van der Waals surface area contributed by atoms with Gasteiger partial charge in [0.1, 0.15) is 0 Å². The minimum atomic E-state index is -0.510. The van der Waals surface area contributed by atoms with Crippen molar-refractivity contribution < 1.29 is 9.21 Å². The van der Waals surface area contributed by atoms with Crippen LogP contribution >= 0.6 is 0 Å². The summed E-state index contributed by atoms with van der Waals surface area (Å²) in [5.41, 5.74) is 1.06. The molecule has 1 amide bonds. The molecule has 0 radical (unpaired) electrons. The average molecular weight is 294 g/mol. The van der Waals surface area contributed by atoms with Crippen molar-refractivity contribution in [3.05, 3.63) is 70.6 Å². The van der Waals surface area contributed by atoms with E-state index >= 15 is 0 Å². The fourth-order valence-electron chi connectivity index (χ4n) is 2.16. The standard InChI is InChI=1S/C17H14N2O3/c20-15(11-10-12-6-2-1-3-7-12)19-17-18-14-9-5-4-8-13(14)16(21)22-17/h1-9H,10-11H2,(H,18,19,20). The molecule has 0 aliphatic carbocycles. The molecule has 3 aromatic rings. The van der Waals surface area contributed by atoms with Gasteiger partial charge < -0.3 is 4.42 Å². The van der Waals surface area contributed by atoms with Crippen molar-refractivity contribution >= 4 is 22.8 Å². The summed E-state index contributed by atoms with van der Waals surface area (Å²) in [6.45, 7) is 0. The lowest BCUT2D eigenvalue weighted by molar-refractivity contribution is -0.116. The maximum Gasteiger partial charge on any atom is 0.348 e. The number of anilines is 1. The first-order chi connectivity index (χ1) is 10.7. The van der Waals surface area contributed by atoms with Gasteiger partial charge in [-0.05, 0) is 24.1 Å². The molecule has 0 saturated carbocycles. The first-order valence-electron chi connectivity index (χ1n) is 6.96. The molecule has 5 nitrogen and oxygen atoms in total. The summed E-state index contributed by atoms with van der Waals surface area (Å²) in [5, 5.41) is 2.92. The molecule has 1 aromatic heterocycles. The monoisotopic (exact) mass is 294 g/mol. The van der Waals surface area contributed by atoms with Gasteiger partial charge in [0.05, 0.1) is 10.9 Å². The predicted octanol–water partition coefficient (Wildman–Crippen LogP) is 2.76. The van der Waals surface area contributed by atoms with Gasteiger partial charge in [-0.2, -0.15) is 4.98 Å². The highest BCUT2D eigenvalue weighted by Gasteiger charge is 2.09. The Kier molecular flexibility index (Phi) is 3.96. The zero-order valence-electron chi connectivity index (χ0n) is 11.8. The molecule has 1 N–H and O–H groups in total. The molecule has 0 bridgehead atoms. The smallest absolute Gasteiger partial charge is 0.348 e. The van der Waals surface area contributed by atoms with E-state index in [1.165, 1.54) is 0 Å². The van der Waals surface area contributed by atoms with Crippen molar-refractivity contribution in [3.8, 4) is 0 Å². The van der Waals surface area contributed by atoms with E-state index in [0.29, 0.717) is 23.7 Å². The van der Waals surface area contributed by atoms with E-state index in [-0.39, 0.29) is 11.9 Å². The number of nitrogens with one attached hydrogen (secondary N) is 1. The number of nitrogens with zero attached hydrogens (tertiary/aromatic N) is 1. The van der Waals surface area contributed by atoms with Crippen LogP contribution in [0.4, 0.5) is 6.01 Å². The normalized spacial score (nSPS) is 10.5. The summed E-state index contributed by atoms with van der Waals surface area (Å²) in [6.07, 6.45) is 0.909. The summed E-state index contributed by atoms with van der Waals surface area (Å²) >= 11 is 0. The molecule has 0 fully saturated rings. The Morgan fingerprint density at radius 1 is 1.05 bits per heavy atom. The van der Waals surface area contributed by atoms with Gasteiger partial charge in [0.2, 0.25) is 5.91 Å². The topological polar surface area (TPSA) is 72.2 Å². The number of fused-ring (bicyclic) bond motifs is 1. The number of para-hydroxylation sites is 1. The van der Waals surface area contributed by atoms with Crippen LogP contribution in [0, 0.1) is 0 Å². The Bertz CT molecular complexity index is 856. The van der Waals surface area contributed by atoms with Gasteiger partial charge >= 0.3 is 11.6 Å². The second kappa shape index (κ2) is 6.22. The molecule has 0 spiro atoms. The molecule has 5 heteroatoms. The zero-order valence-corrected chi connectivity index (χ0v) is 11.8. The van der Waals surface area contributed by atoms with Crippen LogP contribution in [-0.4, -0.2) is 10.9 Å². The Morgan fingerprint density at radius 2 is 1.77 bits per heavy atom. The number of hydrogen-bond acceptors (Lipinski definition) is 4. The van der Waals surface area contributed by atoms with Crippen molar-refractivity contribution in [2.45, 2.75) is 12.8 Å². The van der Waals surface area contributed by atoms with Gasteiger partial charge in [-0.3, -0.25) is 10.1 Å². The quantitative estimate of drug-likeness (QED) is 0.803. The largest absolute Gasteiger partial charge is 0.388 e. The third-order valence-corrected chi connectivity index (χ3v) is 3.27. The lowest BCUT2D eigenvalue weighted by Gasteiger charge is -2.04. The minimum Gasteiger partial charge on any atom is -0.388 e. The van der Waals surface area contributed by atoms with Crippen LogP contribution in [0.5, 0.6) is 0 Å². The van der Waals surface area contributed by atoms with Gasteiger partial charge in [-0.25, -0.2) is 4.79 Å². The third-order valence-electron chi connectivity index (χ3n) is 3.27. The average Bonchev–Trinajstić information content (AvgIpc) is 2.54. The summed E-state index contributed by atoms with van der Waals surface area (Å²) in [5.74, 6) is -0.241. The van der Waals surface area contributed by atoms with Gasteiger partial charge in [-0.15, -0.1) is 0 Å². The number of aromatic nitrogens is 1. The molecule has 0 aliphatic rings. The van der Waals surface area contributed by atoms with E-state index in [1.807, 2.05) is 30.3 Å². The second-order valence-corrected chi connectivity index (χ2v) is 4.86. The summed E-state index contributed by atoms with van der Waals surface area (Å²) in [4.78, 5) is 27.9. The Balaban J connectivity index is 1.70. The first-order valence-corrected chi connectivity index (χ1v) is 6.96. The number of rotatable bonds is 4. The molecule has 2 aromatic carbocycles. The Labute approximate surface area is 126 Å². The highest BCUT2D eigenvalue weighted by atomic mass is 16.4. The molecule has 1 heterocycles. The van der Waals surface area contributed by atoms with E-state index in [2.05, 4.69) is 10.3 Å². The predicted molar refractivity (Wildman–Crippen MR) is 83.7 cm³/mol. The molecule has 22 heavy (non-hydrogen) atoms. The molecule has 0 unspecified atom stereocenters. The van der Waals surface area contributed by atoms with E-state index in [4.69, 9.17) is 4.42 Å². The van der Waals surface area contributed by atoms with E-state index < -0.39 is 5.63 Å². The van der Waals surface area contributed by atoms with Gasteiger partial charge in [-0.1, -0.05) is 42.5 Å². The maximum absolute atomic E-state index is 11.9.